The summed E-state index contributed by atoms with van der Waals surface area (Å²) in [4.78, 5) is 2.43. The number of rotatable bonds is 3. The highest BCUT2D eigenvalue weighted by Gasteiger charge is 2.22. The molecule has 2 atom stereocenters. The van der Waals surface area contributed by atoms with Gasteiger partial charge in [-0.3, -0.25) is 4.90 Å². The van der Waals surface area contributed by atoms with Crippen molar-refractivity contribution >= 4 is 0 Å². The van der Waals surface area contributed by atoms with Gasteiger partial charge in [-0.2, -0.15) is 0 Å². The maximum atomic E-state index is 9.98. The van der Waals surface area contributed by atoms with Gasteiger partial charge in [0.25, 0.3) is 0 Å². The van der Waals surface area contributed by atoms with Crippen LogP contribution in [0, 0.1) is 11.8 Å². The number of hydrogen-bond acceptors (Lipinski definition) is 3. The molecule has 0 aliphatic carbocycles. The van der Waals surface area contributed by atoms with Crippen LogP contribution in [-0.2, 0) is 6.54 Å². The minimum atomic E-state index is 0.334. The Labute approximate surface area is 109 Å². The first kappa shape index (κ1) is 13.2. The quantitative estimate of drug-likeness (QED) is 0.894. The number of nitrogens with zero attached hydrogens (tertiary/aromatic N) is 1. The van der Waals surface area contributed by atoms with Gasteiger partial charge in [-0.15, -0.1) is 0 Å². The van der Waals surface area contributed by atoms with E-state index >= 15 is 0 Å². The summed E-state index contributed by atoms with van der Waals surface area (Å²) in [6, 6.07) is 5.55. The molecule has 100 valence electrons. The highest BCUT2D eigenvalue weighted by atomic mass is 16.5. The van der Waals surface area contributed by atoms with Gasteiger partial charge >= 0.3 is 0 Å². The number of phenolic OH excluding ortho intramolecular Hbond substituents is 1. The van der Waals surface area contributed by atoms with E-state index in [1.54, 1.807) is 13.2 Å². The highest BCUT2D eigenvalue weighted by Crippen LogP contribution is 2.27. The summed E-state index contributed by atoms with van der Waals surface area (Å²) in [5.41, 5.74) is 0.983. The first-order chi connectivity index (χ1) is 8.58. The number of benzene rings is 1. The van der Waals surface area contributed by atoms with E-state index in [2.05, 4.69) is 18.7 Å². The van der Waals surface area contributed by atoms with Crippen molar-refractivity contribution in [3.8, 4) is 11.5 Å². The average Bonchev–Trinajstić information content (AvgIpc) is 2.30. The Hall–Kier alpha value is -1.22. The minimum Gasteiger partial charge on any atom is -0.507 e. The van der Waals surface area contributed by atoms with Crippen LogP contribution in [0.1, 0.15) is 25.8 Å². The van der Waals surface area contributed by atoms with Crippen LogP contribution < -0.4 is 4.74 Å². The van der Waals surface area contributed by atoms with Crippen LogP contribution in [-0.4, -0.2) is 30.2 Å². The van der Waals surface area contributed by atoms with Crippen LogP contribution in [0.4, 0.5) is 0 Å². The second-order valence-electron chi connectivity index (χ2n) is 5.63. The summed E-state index contributed by atoms with van der Waals surface area (Å²) in [5.74, 6) is 2.53. The highest BCUT2D eigenvalue weighted by molar-refractivity contribution is 5.39. The number of aromatic hydroxyl groups is 1. The van der Waals surface area contributed by atoms with Crippen molar-refractivity contribution in [1.29, 1.82) is 0 Å². The number of piperidine rings is 1. The summed E-state index contributed by atoms with van der Waals surface area (Å²) in [6.45, 7) is 7.67. The minimum absolute atomic E-state index is 0.334. The van der Waals surface area contributed by atoms with E-state index in [9.17, 15) is 5.11 Å². The molecule has 2 rings (SSSR count). The van der Waals surface area contributed by atoms with Crippen LogP contribution >= 0.6 is 0 Å². The van der Waals surface area contributed by atoms with E-state index in [1.807, 2.05) is 12.1 Å². The van der Waals surface area contributed by atoms with E-state index in [-0.39, 0.29) is 0 Å². The zero-order valence-corrected chi connectivity index (χ0v) is 11.5. The van der Waals surface area contributed by atoms with E-state index in [0.29, 0.717) is 11.5 Å². The zero-order chi connectivity index (χ0) is 13.1. The molecule has 1 aliphatic heterocycles. The molecule has 0 aromatic heterocycles. The molecule has 3 nitrogen and oxygen atoms in total. The number of likely N-dealkylation sites (tertiary alicyclic amines) is 1. The van der Waals surface area contributed by atoms with Crippen molar-refractivity contribution in [2.45, 2.75) is 26.8 Å². The molecule has 0 spiro atoms. The van der Waals surface area contributed by atoms with Crippen LogP contribution in [0.25, 0.3) is 0 Å². The van der Waals surface area contributed by atoms with Gasteiger partial charge in [0, 0.05) is 31.3 Å². The van der Waals surface area contributed by atoms with Crippen molar-refractivity contribution in [2.75, 3.05) is 20.2 Å². The summed E-state index contributed by atoms with van der Waals surface area (Å²) < 4.78 is 5.10. The molecule has 1 saturated heterocycles. The number of hydrogen-bond donors (Lipinski definition) is 1. The molecule has 1 aliphatic rings. The number of methoxy groups -OCH3 is 1. The molecule has 0 radical (unpaired) electrons. The van der Waals surface area contributed by atoms with Crippen molar-refractivity contribution in [3.63, 3.8) is 0 Å². The molecule has 1 aromatic rings. The lowest BCUT2D eigenvalue weighted by molar-refractivity contribution is 0.133. The fourth-order valence-electron chi connectivity index (χ4n) is 2.97. The van der Waals surface area contributed by atoms with Gasteiger partial charge in [-0.1, -0.05) is 19.9 Å². The van der Waals surface area contributed by atoms with E-state index in [0.717, 1.165) is 37.0 Å². The van der Waals surface area contributed by atoms with Crippen LogP contribution in [0.15, 0.2) is 18.2 Å². The molecular weight excluding hydrogens is 226 g/mol. The second kappa shape index (κ2) is 5.61. The maximum absolute atomic E-state index is 9.98. The molecule has 3 heteroatoms. The summed E-state index contributed by atoms with van der Waals surface area (Å²) in [5, 5.41) is 9.98. The van der Waals surface area contributed by atoms with Crippen LogP contribution in [0.2, 0.25) is 0 Å². The molecule has 1 heterocycles. The lowest BCUT2D eigenvalue weighted by atomic mass is 9.91. The first-order valence-electron chi connectivity index (χ1n) is 6.66. The van der Waals surface area contributed by atoms with E-state index in [1.165, 1.54) is 6.42 Å². The predicted octanol–water partition coefficient (Wildman–Crippen LogP) is 2.88. The maximum Gasteiger partial charge on any atom is 0.123 e. The van der Waals surface area contributed by atoms with Crippen molar-refractivity contribution in [1.82, 2.24) is 4.90 Å². The lowest BCUT2D eigenvalue weighted by Gasteiger charge is -2.35. The largest absolute Gasteiger partial charge is 0.507 e. The third-order valence-corrected chi connectivity index (χ3v) is 3.63. The number of ether oxygens (including phenoxy) is 1. The topological polar surface area (TPSA) is 32.7 Å². The van der Waals surface area contributed by atoms with Gasteiger partial charge in [0.1, 0.15) is 11.5 Å². The fraction of sp³-hybridized carbons (Fsp3) is 0.600. The normalized spacial score (nSPS) is 25.1. The second-order valence-corrected chi connectivity index (χ2v) is 5.63. The van der Waals surface area contributed by atoms with Gasteiger partial charge in [-0.25, -0.2) is 0 Å². The molecule has 1 aromatic carbocycles. The summed E-state index contributed by atoms with van der Waals surface area (Å²) >= 11 is 0. The van der Waals surface area contributed by atoms with Gasteiger partial charge in [0.15, 0.2) is 0 Å². The van der Waals surface area contributed by atoms with Gasteiger partial charge in [-0.05, 0) is 24.3 Å². The Bertz CT molecular complexity index is 395. The van der Waals surface area contributed by atoms with Crippen molar-refractivity contribution in [2.24, 2.45) is 11.8 Å². The monoisotopic (exact) mass is 249 g/mol. The number of phenols is 1. The SMILES string of the molecule is COc1ccc(CN2CC(C)CC(C)C2)c(O)c1. The zero-order valence-electron chi connectivity index (χ0n) is 11.5. The van der Waals surface area contributed by atoms with Gasteiger partial charge in [0.2, 0.25) is 0 Å². The summed E-state index contributed by atoms with van der Waals surface area (Å²) in [7, 11) is 1.61. The van der Waals surface area contributed by atoms with Crippen LogP contribution in [0.5, 0.6) is 11.5 Å². The van der Waals surface area contributed by atoms with Crippen LogP contribution in [0.3, 0.4) is 0 Å². The van der Waals surface area contributed by atoms with Gasteiger partial charge in [0.05, 0.1) is 7.11 Å². The van der Waals surface area contributed by atoms with Gasteiger partial charge < -0.3 is 9.84 Å². The lowest BCUT2D eigenvalue weighted by Crippen LogP contribution is -2.38. The molecule has 0 amide bonds. The van der Waals surface area contributed by atoms with E-state index in [4.69, 9.17) is 4.74 Å². The Morgan fingerprint density at radius 1 is 1.28 bits per heavy atom. The molecule has 0 saturated carbocycles. The Balaban J connectivity index is 2.04. The van der Waals surface area contributed by atoms with Crippen molar-refractivity contribution in [3.05, 3.63) is 23.8 Å². The first-order valence-corrected chi connectivity index (χ1v) is 6.66. The van der Waals surface area contributed by atoms with E-state index < -0.39 is 0 Å². The predicted molar refractivity (Wildman–Crippen MR) is 72.9 cm³/mol. The molecule has 0 bridgehead atoms. The molecular formula is C15H23NO2. The Morgan fingerprint density at radius 3 is 2.50 bits per heavy atom. The Morgan fingerprint density at radius 2 is 1.94 bits per heavy atom. The summed E-state index contributed by atoms with van der Waals surface area (Å²) in [6.07, 6.45) is 1.31. The smallest absolute Gasteiger partial charge is 0.123 e. The van der Waals surface area contributed by atoms with Crippen molar-refractivity contribution < 1.29 is 9.84 Å². The standard InChI is InChI=1S/C15H23NO2/c1-11-6-12(2)9-16(8-11)10-13-4-5-14(18-3)7-15(13)17/h4-5,7,11-12,17H,6,8-10H2,1-3H3. The third kappa shape index (κ3) is 3.16. The third-order valence-electron chi connectivity index (χ3n) is 3.63. The Kier molecular flexibility index (Phi) is 4.12. The molecule has 1 N–H and O–H groups in total. The molecule has 1 fully saturated rings. The molecule has 2 unspecified atom stereocenters. The average molecular weight is 249 g/mol. The molecule has 18 heavy (non-hydrogen) atoms. The fourth-order valence-corrected chi connectivity index (χ4v) is 2.97.